The van der Waals surface area contributed by atoms with Crippen molar-refractivity contribution in [3.63, 3.8) is 0 Å². The van der Waals surface area contributed by atoms with Gasteiger partial charge in [-0.05, 0) is 31.4 Å². The number of rotatable bonds is 5. The highest BCUT2D eigenvalue weighted by Crippen LogP contribution is 2.30. The summed E-state index contributed by atoms with van der Waals surface area (Å²) in [6.07, 6.45) is 3.79. The molecule has 0 aromatic heterocycles. The van der Waals surface area contributed by atoms with Gasteiger partial charge in [0.15, 0.2) is 0 Å². The van der Waals surface area contributed by atoms with Crippen molar-refractivity contribution >= 4 is 29.1 Å². The van der Waals surface area contributed by atoms with E-state index in [9.17, 15) is 9.00 Å². The highest BCUT2D eigenvalue weighted by atomic mass is 32.2. The molecule has 2 aliphatic heterocycles. The van der Waals surface area contributed by atoms with Crippen LogP contribution in [-0.2, 0) is 16.0 Å². The second kappa shape index (κ2) is 10.1. The normalized spacial score (nSPS) is 21.5. The lowest BCUT2D eigenvalue weighted by molar-refractivity contribution is -0.119. The van der Waals surface area contributed by atoms with Gasteiger partial charge in [-0.2, -0.15) is 4.40 Å². The zero-order chi connectivity index (χ0) is 18.9. The molecule has 26 heavy (non-hydrogen) atoms. The summed E-state index contributed by atoms with van der Waals surface area (Å²) in [6, 6.07) is 5.42. The first-order chi connectivity index (χ1) is 12.6. The number of aliphatic hydroxyl groups is 1. The molecule has 1 saturated heterocycles. The zero-order valence-electron chi connectivity index (χ0n) is 14.9. The van der Waals surface area contributed by atoms with E-state index in [2.05, 4.69) is 9.12 Å². The summed E-state index contributed by atoms with van der Waals surface area (Å²) in [4.78, 5) is 12.6. The first kappa shape index (κ1) is 20.2. The van der Waals surface area contributed by atoms with Crippen LogP contribution in [0.4, 0.5) is 5.69 Å². The van der Waals surface area contributed by atoms with E-state index >= 15 is 0 Å². The van der Waals surface area contributed by atoms with Gasteiger partial charge in [-0.25, -0.2) is 4.21 Å². The zero-order valence-corrected chi connectivity index (χ0v) is 15.7. The Balaban J connectivity index is 0.000000552. The molecule has 0 aliphatic carbocycles. The van der Waals surface area contributed by atoms with E-state index < -0.39 is 11.2 Å². The molecular formula is C17H26N4O4S. The molecule has 4 N–H and O–H groups in total. The summed E-state index contributed by atoms with van der Waals surface area (Å²) < 4.78 is 24.0. The Morgan fingerprint density at radius 3 is 3.00 bits per heavy atom. The molecule has 0 radical (unpaired) electrons. The van der Waals surface area contributed by atoms with Crippen LogP contribution in [0.1, 0.15) is 31.7 Å². The van der Waals surface area contributed by atoms with Crippen molar-refractivity contribution in [2.24, 2.45) is 16.0 Å². The third-order valence-electron chi connectivity index (χ3n) is 4.06. The van der Waals surface area contributed by atoms with Crippen LogP contribution in [0, 0.1) is 5.92 Å². The van der Waals surface area contributed by atoms with Crippen molar-refractivity contribution in [1.82, 2.24) is 4.90 Å². The fourth-order valence-corrected chi connectivity index (χ4v) is 3.46. The number of benzene rings is 1. The van der Waals surface area contributed by atoms with Crippen molar-refractivity contribution in [2.75, 3.05) is 31.0 Å². The van der Waals surface area contributed by atoms with E-state index in [0.29, 0.717) is 42.7 Å². The van der Waals surface area contributed by atoms with Crippen LogP contribution in [0.5, 0.6) is 5.75 Å². The average Bonchev–Trinajstić information content (AvgIpc) is 2.66. The Kier molecular flexibility index (Phi) is 7.86. The molecule has 1 amide bonds. The van der Waals surface area contributed by atoms with Crippen molar-refractivity contribution in [3.05, 3.63) is 23.8 Å². The van der Waals surface area contributed by atoms with Crippen molar-refractivity contribution < 1.29 is 18.8 Å². The maximum absolute atomic E-state index is 11.5. The number of fused-ring (bicyclic) bond motifs is 1. The minimum absolute atomic E-state index is 0.209. The molecule has 144 valence electrons. The first-order valence-electron chi connectivity index (χ1n) is 8.68. The number of nitrogens with two attached hydrogens (primary N) is 1. The molecular weight excluding hydrogens is 356 g/mol. The Morgan fingerprint density at radius 1 is 1.54 bits per heavy atom. The second-order valence-electron chi connectivity index (χ2n) is 6.15. The third-order valence-corrected chi connectivity index (χ3v) is 4.82. The Hall–Kier alpha value is -2.13. The number of amidine groups is 1. The smallest absolute Gasteiger partial charge is 0.245 e. The van der Waals surface area contributed by atoms with Gasteiger partial charge in [-0.15, -0.1) is 0 Å². The van der Waals surface area contributed by atoms with E-state index in [1.165, 1.54) is 0 Å². The number of carbonyl (C=O) groups excluding carboxylic acids is 1. The van der Waals surface area contributed by atoms with Gasteiger partial charge in [0.05, 0.1) is 17.9 Å². The molecule has 3 rings (SSSR count). The van der Waals surface area contributed by atoms with Gasteiger partial charge in [0.2, 0.25) is 17.6 Å². The number of nitrogens with zero attached hydrogens (tertiary/aromatic N) is 2. The lowest BCUT2D eigenvalue weighted by Crippen LogP contribution is -2.36. The number of carbonyl (C=O) groups is 1. The third kappa shape index (κ3) is 5.43. The van der Waals surface area contributed by atoms with Gasteiger partial charge in [0, 0.05) is 25.6 Å². The SMILES string of the molecule is CCCO.NC1=NS(=O)Nc2cccc(OCC3CCCN(C=O)C3)c21. The van der Waals surface area contributed by atoms with Crippen molar-refractivity contribution in [2.45, 2.75) is 26.2 Å². The van der Waals surface area contributed by atoms with E-state index in [1.54, 1.807) is 11.0 Å². The Labute approximate surface area is 156 Å². The first-order valence-corrected chi connectivity index (χ1v) is 9.78. The van der Waals surface area contributed by atoms with Gasteiger partial charge in [-0.3, -0.25) is 9.52 Å². The van der Waals surface area contributed by atoms with E-state index in [1.807, 2.05) is 19.1 Å². The Morgan fingerprint density at radius 2 is 2.31 bits per heavy atom. The largest absolute Gasteiger partial charge is 0.492 e. The van der Waals surface area contributed by atoms with Crippen LogP contribution < -0.4 is 15.2 Å². The number of piperidine rings is 1. The molecule has 0 bridgehead atoms. The fraction of sp³-hybridized carbons (Fsp3) is 0.529. The minimum Gasteiger partial charge on any atom is -0.492 e. The van der Waals surface area contributed by atoms with Crippen molar-refractivity contribution in [1.29, 1.82) is 0 Å². The predicted octanol–water partition coefficient (Wildman–Crippen LogP) is 1.03. The molecule has 0 spiro atoms. The molecule has 1 fully saturated rings. The topological polar surface area (TPSA) is 117 Å². The lowest BCUT2D eigenvalue weighted by Gasteiger charge is -2.30. The maximum atomic E-state index is 11.5. The summed E-state index contributed by atoms with van der Waals surface area (Å²) in [5, 5.41) is 7.88. The molecule has 2 aliphatic rings. The highest BCUT2D eigenvalue weighted by Gasteiger charge is 2.23. The van der Waals surface area contributed by atoms with Crippen LogP contribution >= 0.6 is 0 Å². The van der Waals surface area contributed by atoms with Crippen LogP contribution in [0.3, 0.4) is 0 Å². The number of anilines is 1. The predicted molar refractivity (Wildman–Crippen MR) is 102 cm³/mol. The number of ether oxygens (including phenoxy) is 1. The van der Waals surface area contributed by atoms with Crippen LogP contribution in [0.15, 0.2) is 22.6 Å². The van der Waals surface area contributed by atoms with Gasteiger partial charge in [0.1, 0.15) is 11.6 Å². The van der Waals surface area contributed by atoms with Crippen molar-refractivity contribution in [3.8, 4) is 5.75 Å². The molecule has 0 saturated carbocycles. The molecule has 2 atom stereocenters. The molecule has 2 unspecified atom stereocenters. The molecule has 2 heterocycles. The van der Waals surface area contributed by atoms with Crippen LogP contribution in [0.25, 0.3) is 0 Å². The lowest BCUT2D eigenvalue weighted by atomic mass is 9.99. The van der Waals surface area contributed by atoms with Gasteiger partial charge in [0.25, 0.3) is 0 Å². The van der Waals surface area contributed by atoms with Gasteiger partial charge < -0.3 is 20.5 Å². The number of amides is 1. The minimum atomic E-state index is -1.54. The number of likely N-dealkylation sites (tertiary alicyclic amines) is 1. The summed E-state index contributed by atoms with van der Waals surface area (Å²) in [5.41, 5.74) is 7.17. The van der Waals surface area contributed by atoms with E-state index in [-0.39, 0.29) is 5.84 Å². The molecule has 1 aromatic rings. The van der Waals surface area contributed by atoms with Crippen LogP contribution in [-0.4, -0.2) is 52.8 Å². The summed E-state index contributed by atoms with van der Waals surface area (Å²) in [7, 11) is 0. The summed E-state index contributed by atoms with van der Waals surface area (Å²) in [6.45, 7) is 4.29. The molecule has 1 aromatic carbocycles. The highest BCUT2D eigenvalue weighted by molar-refractivity contribution is 7.85. The van der Waals surface area contributed by atoms with Crippen LogP contribution in [0.2, 0.25) is 0 Å². The fourth-order valence-electron chi connectivity index (χ4n) is 2.79. The number of hydrogen-bond acceptors (Lipinski definition) is 5. The quantitative estimate of drug-likeness (QED) is 0.658. The van der Waals surface area contributed by atoms with E-state index in [4.69, 9.17) is 15.6 Å². The number of hydrogen-bond donors (Lipinski definition) is 3. The average molecular weight is 382 g/mol. The maximum Gasteiger partial charge on any atom is 0.245 e. The number of aliphatic hydroxyl groups excluding tert-OH is 1. The molecule has 8 nitrogen and oxygen atoms in total. The standard InChI is InChI=1S/C14H18N4O3S.C3H8O/c15-14-13-11(16-22(20)17-14)4-1-5-12(13)21-8-10-3-2-6-18(7-10)9-19;1-2-3-4/h1,4-5,9-10,16H,2-3,6-8H2,(H2,15,17);4H,2-3H2,1H3. The number of nitrogens with one attached hydrogen (secondary N) is 1. The van der Waals surface area contributed by atoms with Gasteiger partial charge >= 0.3 is 0 Å². The second-order valence-corrected chi connectivity index (χ2v) is 7.03. The Bertz CT molecular complexity index is 666. The van der Waals surface area contributed by atoms with E-state index in [0.717, 1.165) is 32.2 Å². The molecule has 9 heteroatoms. The summed E-state index contributed by atoms with van der Waals surface area (Å²) in [5.74, 6) is 1.13. The summed E-state index contributed by atoms with van der Waals surface area (Å²) >= 11 is -1.54. The monoisotopic (exact) mass is 382 g/mol. The van der Waals surface area contributed by atoms with Gasteiger partial charge in [-0.1, -0.05) is 13.0 Å².